The highest BCUT2D eigenvalue weighted by atomic mass is 16.5. The first-order chi connectivity index (χ1) is 15.7. The number of benzene rings is 2. The number of hydrogen-bond donors (Lipinski definition) is 2. The summed E-state index contributed by atoms with van der Waals surface area (Å²) in [6.07, 6.45) is 0.860. The van der Waals surface area contributed by atoms with Crippen LogP contribution in [0.1, 0.15) is 23.6 Å². The second-order valence-corrected chi connectivity index (χ2v) is 7.88. The maximum atomic E-state index is 5.81. The molecule has 2 aromatic rings. The van der Waals surface area contributed by atoms with E-state index in [1.165, 1.54) is 11.1 Å². The SMILES string of the molecule is CN=C(NCC(c1cccc(C)c1)N1CCOCC1)Nc1cccc(OCCCOC)c1. The molecule has 0 aliphatic carbocycles. The van der Waals surface area contributed by atoms with Crippen LogP contribution in [0.15, 0.2) is 53.5 Å². The van der Waals surface area contributed by atoms with Crippen LogP contribution in [-0.2, 0) is 9.47 Å². The molecule has 0 saturated carbocycles. The number of nitrogens with one attached hydrogen (secondary N) is 2. The molecule has 1 atom stereocenters. The Kier molecular flexibility index (Phi) is 9.81. The fourth-order valence-corrected chi connectivity index (χ4v) is 3.79. The van der Waals surface area contributed by atoms with Crippen molar-refractivity contribution in [3.63, 3.8) is 0 Å². The molecular formula is C25H36N4O3. The first-order valence-corrected chi connectivity index (χ1v) is 11.3. The minimum absolute atomic E-state index is 0.243. The van der Waals surface area contributed by atoms with Crippen LogP contribution in [0.25, 0.3) is 0 Å². The van der Waals surface area contributed by atoms with Crippen LogP contribution < -0.4 is 15.4 Å². The Hall–Kier alpha value is -2.61. The molecule has 32 heavy (non-hydrogen) atoms. The molecule has 1 saturated heterocycles. The third-order valence-corrected chi connectivity index (χ3v) is 5.46. The van der Waals surface area contributed by atoms with Gasteiger partial charge in [-0.15, -0.1) is 0 Å². The molecule has 2 N–H and O–H groups in total. The van der Waals surface area contributed by atoms with Gasteiger partial charge in [-0.25, -0.2) is 0 Å². The molecule has 3 rings (SSSR count). The molecule has 0 bridgehead atoms. The van der Waals surface area contributed by atoms with Gasteiger partial charge in [-0.2, -0.15) is 0 Å². The summed E-state index contributed by atoms with van der Waals surface area (Å²) in [4.78, 5) is 6.90. The van der Waals surface area contributed by atoms with Crippen LogP contribution in [0.3, 0.4) is 0 Å². The normalized spacial score (nSPS) is 15.9. The van der Waals surface area contributed by atoms with Gasteiger partial charge in [0.1, 0.15) is 5.75 Å². The van der Waals surface area contributed by atoms with E-state index < -0.39 is 0 Å². The third kappa shape index (κ3) is 7.51. The van der Waals surface area contributed by atoms with Crippen molar-refractivity contribution in [2.24, 2.45) is 4.99 Å². The maximum Gasteiger partial charge on any atom is 0.195 e. The highest BCUT2D eigenvalue weighted by molar-refractivity contribution is 5.93. The summed E-state index contributed by atoms with van der Waals surface area (Å²) in [6.45, 7) is 7.60. The molecule has 1 aliphatic rings. The highest BCUT2D eigenvalue weighted by Crippen LogP contribution is 2.22. The quantitative estimate of drug-likeness (QED) is 0.335. The monoisotopic (exact) mass is 440 g/mol. The van der Waals surface area contributed by atoms with Crippen LogP contribution in [0, 0.1) is 6.92 Å². The van der Waals surface area contributed by atoms with Gasteiger partial charge in [0.05, 0.1) is 25.9 Å². The Labute approximate surface area is 191 Å². The number of aryl methyl sites for hydroxylation is 1. The maximum absolute atomic E-state index is 5.81. The summed E-state index contributed by atoms with van der Waals surface area (Å²) in [5.74, 6) is 1.56. The van der Waals surface area contributed by atoms with E-state index in [1.54, 1.807) is 14.2 Å². The van der Waals surface area contributed by atoms with Gasteiger partial charge in [0, 0.05) is 58.6 Å². The van der Waals surface area contributed by atoms with Gasteiger partial charge < -0.3 is 24.8 Å². The van der Waals surface area contributed by atoms with Gasteiger partial charge >= 0.3 is 0 Å². The molecular weight excluding hydrogens is 404 g/mol. The summed E-state index contributed by atoms with van der Waals surface area (Å²) in [7, 11) is 3.49. The van der Waals surface area contributed by atoms with E-state index in [1.807, 2.05) is 24.3 Å². The summed E-state index contributed by atoms with van der Waals surface area (Å²) in [5.41, 5.74) is 3.51. The molecule has 7 heteroatoms. The van der Waals surface area contributed by atoms with E-state index in [4.69, 9.17) is 14.2 Å². The topological polar surface area (TPSA) is 67.4 Å². The van der Waals surface area contributed by atoms with E-state index in [0.29, 0.717) is 13.2 Å². The van der Waals surface area contributed by atoms with Gasteiger partial charge in [0.25, 0.3) is 0 Å². The van der Waals surface area contributed by atoms with Gasteiger partial charge in [-0.1, -0.05) is 35.9 Å². The van der Waals surface area contributed by atoms with Crippen LogP contribution in [0.5, 0.6) is 5.75 Å². The van der Waals surface area contributed by atoms with Crippen LogP contribution in [0.4, 0.5) is 5.69 Å². The highest BCUT2D eigenvalue weighted by Gasteiger charge is 2.23. The number of anilines is 1. The first kappa shape index (κ1) is 24.0. The van der Waals surface area contributed by atoms with Crippen molar-refractivity contribution in [3.05, 3.63) is 59.7 Å². The molecule has 2 aromatic carbocycles. The van der Waals surface area contributed by atoms with E-state index in [9.17, 15) is 0 Å². The van der Waals surface area contributed by atoms with Crippen molar-refractivity contribution in [2.45, 2.75) is 19.4 Å². The second kappa shape index (κ2) is 13.1. The predicted octanol–water partition coefficient (Wildman–Crippen LogP) is 3.47. The van der Waals surface area contributed by atoms with E-state index in [2.05, 4.69) is 51.7 Å². The third-order valence-electron chi connectivity index (χ3n) is 5.46. The van der Waals surface area contributed by atoms with Gasteiger partial charge in [-0.05, 0) is 24.6 Å². The fraction of sp³-hybridized carbons (Fsp3) is 0.480. The Morgan fingerprint density at radius 1 is 1.12 bits per heavy atom. The van der Waals surface area contributed by atoms with Crippen molar-refractivity contribution in [2.75, 3.05) is 65.5 Å². The zero-order valence-electron chi connectivity index (χ0n) is 19.5. The van der Waals surface area contributed by atoms with Crippen molar-refractivity contribution in [1.82, 2.24) is 10.2 Å². The fourth-order valence-electron chi connectivity index (χ4n) is 3.79. The zero-order chi connectivity index (χ0) is 22.6. The average molecular weight is 441 g/mol. The molecule has 174 valence electrons. The van der Waals surface area contributed by atoms with E-state index in [-0.39, 0.29) is 6.04 Å². The van der Waals surface area contributed by atoms with Crippen molar-refractivity contribution < 1.29 is 14.2 Å². The van der Waals surface area contributed by atoms with Crippen LogP contribution in [-0.4, -0.2) is 71.1 Å². The number of aliphatic imine (C=N–C) groups is 1. The van der Waals surface area contributed by atoms with Crippen molar-refractivity contribution in [1.29, 1.82) is 0 Å². The van der Waals surface area contributed by atoms with Crippen LogP contribution >= 0.6 is 0 Å². The summed E-state index contributed by atoms with van der Waals surface area (Å²) >= 11 is 0. The lowest BCUT2D eigenvalue weighted by molar-refractivity contribution is 0.0170. The van der Waals surface area contributed by atoms with Crippen LogP contribution in [0.2, 0.25) is 0 Å². The minimum atomic E-state index is 0.243. The van der Waals surface area contributed by atoms with Crippen molar-refractivity contribution in [3.8, 4) is 5.75 Å². The molecule has 1 unspecified atom stereocenters. The summed E-state index contributed by atoms with van der Waals surface area (Å²) in [6, 6.07) is 16.9. The molecule has 7 nitrogen and oxygen atoms in total. The second-order valence-electron chi connectivity index (χ2n) is 7.88. The Morgan fingerprint density at radius 3 is 2.69 bits per heavy atom. The number of nitrogens with zero attached hydrogens (tertiary/aromatic N) is 2. The smallest absolute Gasteiger partial charge is 0.195 e. The minimum Gasteiger partial charge on any atom is -0.493 e. The number of methoxy groups -OCH3 is 1. The average Bonchev–Trinajstić information content (AvgIpc) is 2.82. The lowest BCUT2D eigenvalue weighted by atomic mass is 10.0. The number of rotatable bonds is 10. The van der Waals surface area contributed by atoms with E-state index >= 15 is 0 Å². The zero-order valence-corrected chi connectivity index (χ0v) is 19.5. The molecule has 1 aliphatic heterocycles. The number of ether oxygens (including phenoxy) is 3. The van der Waals surface area contributed by atoms with E-state index in [0.717, 1.165) is 56.7 Å². The first-order valence-electron chi connectivity index (χ1n) is 11.3. The van der Waals surface area contributed by atoms with Gasteiger partial charge in [0.15, 0.2) is 5.96 Å². The molecule has 0 radical (unpaired) electrons. The number of guanidine groups is 1. The number of hydrogen-bond acceptors (Lipinski definition) is 5. The summed E-state index contributed by atoms with van der Waals surface area (Å²) in [5, 5.41) is 6.89. The lowest BCUT2D eigenvalue weighted by Crippen LogP contribution is -2.44. The summed E-state index contributed by atoms with van der Waals surface area (Å²) < 4.78 is 16.5. The number of morpholine rings is 1. The molecule has 0 spiro atoms. The molecule has 1 heterocycles. The molecule has 0 amide bonds. The molecule has 1 fully saturated rings. The molecule has 0 aromatic heterocycles. The van der Waals surface area contributed by atoms with Gasteiger partial charge in [-0.3, -0.25) is 9.89 Å². The van der Waals surface area contributed by atoms with Gasteiger partial charge in [0.2, 0.25) is 0 Å². The Morgan fingerprint density at radius 2 is 1.94 bits per heavy atom. The Balaban J connectivity index is 1.62. The largest absolute Gasteiger partial charge is 0.493 e. The standard InChI is InChI=1S/C25H36N4O3/c1-20-7-4-8-21(17-20)24(29-11-15-31-16-12-29)19-27-25(26-2)28-22-9-5-10-23(18-22)32-14-6-13-30-3/h4-5,7-10,17-18,24H,6,11-16,19H2,1-3H3,(H2,26,27,28). The Bertz CT molecular complexity index is 853. The predicted molar refractivity (Wildman–Crippen MR) is 130 cm³/mol. The van der Waals surface area contributed by atoms with Crippen molar-refractivity contribution >= 4 is 11.6 Å². The lowest BCUT2D eigenvalue weighted by Gasteiger charge is -2.35.